The minimum atomic E-state index is -0.143. The van der Waals surface area contributed by atoms with Crippen LogP contribution in [0.3, 0.4) is 0 Å². The molecule has 0 heterocycles. The van der Waals surface area contributed by atoms with Crippen molar-refractivity contribution in [3.05, 3.63) is 52.0 Å². The second kappa shape index (κ2) is 6.63. The zero-order chi connectivity index (χ0) is 15.4. The molecule has 2 aromatic rings. The van der Waals surface area contributed by atoms with Gasteiger partial charge in [-0.1, -0.05) is 6.92 Å². The van der Waals surface area contributed by atoms with Gasteiger partial charge in [0.15, 0.2) is 5.78 Å². The highest BCUT2D eigenvalue weighted by Gasteiger charge is 2.14. The van der Waals surface area contributed by atoms with Gasteiger partial charge in [0, 0.05) is 22.5 Å². The number of hydrogen-bond acceptors (Lipinski definition) is 4. The van der Waals surface area contributed by atoms with Gasteiger partial charge in [-0.15, -0.1) is 0 Å². The number of halogens is 1. The normalized spacial score (nSPS) is 10.4. The quantitative estimate of drug-likeness (QED) is 0.638. The first-order valence-corrected chi connectivity index (χ1v) is 7.44. The second-order valence-corrected chi connectivity index (χ2v) is 5.52. The number of nitrogen functional groups attached to an aromatic ring is 2. The summed E-state index contributed by atoms with van der Waals surface area (Å²) in [5.74, 6) is 0.578. The van der Waals surface area contributed by atoms with Crippen LogP contribution in [0.1, 0.15) is 29.3 Å². The molecule has 0 radical (unpaired) electrons. The average Bonchev–Trinajstić information content (AvgIpc) is 2.45. The SMILES string of the molecule is CCCOc1ccc(C(=O)c2ccc(N)cc2N)cc1Br. The summed E-state index contributed by atoms with van der Waals surface area (Å²) >= 11 is 3.42. The number of benzene rings is 2. The Hall–Kier alpha value is -2.01. The Balaban J connectivity index is 2.29. The smallest absolute Gasteiger partial charge is 0.195 e. The largest absolute Gasteiger partial charge is 0.492 e. The fraction of sp³-hybridized carbons (Fsp3) is 0.188. The van der Waals surface area contributed by atoms with E-state index in [1.54, 1.807) is 36.4 Å². The number of ether oxygens (including phenoxy) is 1. The maximum absolute atomic E-state index is 12.5. The van der Waals surface area contributed by atoms with Crippen LogP contribution in [0.2, 0.25) is 0 Å². The molecule has 0 fully saturated rings. The summed E-state index contributed by atoms with van der Waals surface area (Å²) in [7, 11) is 0. The third kappa shape index (κ3) is 3.55. The number of carbonyl (C=O) groups excluding carboxylic acids is 1. The summed E-state index contributed by atoms with van der Waals surface area (Å²) in [6.45, 7) is 2.67. The lowest BCUT2D eigenvalue weighted by Crippen LogP contribution is -2.06. The Kier molecular flexibility index (Phi) is 4.85. The van der Waals surface area contributed by atoms with Gasteiger partial charge in [-0.25, -0.2) is 0 Å². The molecule has 0 saturated carbocycles. The monoisotopic (exact) mass is 348 g/mol. The summed E-state index contributed by atoms with van der Waals surface area (Å²) in [4.78, 5) is 12.5. The summed E-state index contributed by atoms with van der Waals surface area (Å²) < 4.78 is 6.31. The first kappa shape index (κ1) is 15.4. The molecule has 110 valence electrons. The molecule has 0 amide bonds. The minimum absolute atomic E-state index is 0.143. The lowest BCUT2D eigenvalue weighted by Gasteiger charge is -2.10. The van der Waals surface area contributed by atoms with Crippen LogP contribution in [-0.2, 0) is 0 Å². The van der Waals surface area contributed by atoms with Crippen LogP contribution >= 0.6 is 15.9 Å². The third-order valence-corrected chi connectivity index (χ3v) is 3.60. The molecule has 0 aliphatic heterocycles. The summed E-state index contributed by atoms with van der Waals surface area (Å²) in [6.07, 6.45) is 0.926. The van der Waals surface area contributed by atoms with E-state index in [0.717, 1.165) is 16.6 Å². The third-order valence-electron chi connectivity index (χ3n) is 2.98. The fourth-order valence-corrected chi connectivity index (χ4v) is 2.41. The molecule has 4 nitrogen and oxygen atoms in total. The highest BCUT2D eigenvalue weighted by Crippen LogP contribution is 2.28. The maximum Gasteiger partial charge on any atom is 0.195 e. The number of ketones is 1. The van der Waals surface area contributed by atoms with Crippen LogP contribution in [0.4, 0.5) is 11.4 Å². The number of anilines is 2. The molecule has 4 N–H and O–H groups in total. The molecule has 2 aromatic carbocycles. The van der Waals surface area contributed by atoms with Crippen molar-refractivity contribution in [3.63, 3.8) is 0 Å². The van der Waals surface area contributed by atoms with Crippen molar-refractivity contribution in [2.24, 2.45) is 0 Å². The van der Waals surface area contributed by atoms with Gasteiger partial charge in [0.05, 0.1) is 11.1 Å². The maximum atomic E-state index is 12.5. The van der Waals surface area contributed by atoms with Gasteiger partial charge >= 0.3 is 0 Å². The van der Waals surface area contributed by atoms with Crippen LogP contribution in [0.5, 0.6) is 5.75 Å². The number of hydrogen-bond donors (Lipinski definition) is 2. The van der Waals surface area contributed by atoms with Crippen LogP contribution < -0.4 is 16.2 Å². The van der Waals surface area contributed by atoms with Gasteiger partial charge in [0.25, 0.3) is 0 Å². The molecule has 21 heavy (non-hydrogen) atoms. The molecule has 0 aliphatic carbocycles. The lowest BCUT2D eigenvalue weighted by molar-refractivity contribution is 0.103. The van der Waals surface area contributed by atoms with Gasteiger partial charge in [0.1, 0.15) is 5.75 Å². The Morgan fingerprint density at radius 3 is 2.57 bits per heavy atom. The van der Waals surface area contributed by atoms with E-state index in [1.807, 2.05) is 6.92 Å². The summed E-state index contributed by atoms with van der Waals surface area (Å²) in [5, 5.41) is 0. The Bertz CT molecular complexity index is 671. The topological polar surface area (TPSA) is 78.3 Å². The Morgan fingerprint density at radius 1 is 1.19 bits per heavy atom. The molecule has 0 aromatic heterocycles. The zero-order valence-electron chi connectivity index (χ0n) is 11.7. The van der Waals surface area contributed by atoms with Crippen LogP contribution in [0, 0.1) is 0 Å². The second-order valence-electron chi connectivity index (χ2n) is 4.67. The van der Waals surface area contributed by atoms with Crippen LogP contribution in [0.15, 0.2) is 40.9 Å². The minimum Gasteiger partial charge on any atom is -0.492 e. The van der Waals surface area contributed by atoms with E-state index in [1.165, 1.54) is 0 Å². The molecule has 0 unspecified atom stereocenters. The van der Waals surface area contributed by atoms with Gasteiger partial charge in [-0.05, 0) is 58.7 Å². The molecule has 0 atom stereocenters. The predicted octanol–water partition coefficient (Wildman–Crippen LogP) is 3.63. The van der Waals surface area contributed by atoms with Crippen molar-refractivity contribution in [1.82, 2.24) is 0 Å². The van der Waals surface area contributed by atoms with Crippen molar-refractivity contribution in [1.29, 1.82) is 0 Å². The first-order chi connectivity index (χ1) is 10.0. The number of nitrogens with two attached hydrogens (primary N) is 2. The molecule has 0 aliphatic rings. The van der Waals surface area contributed by atoms with Crippen LogP contribution in [-0.4, -0.2) is 12.4 Å². The Labute approximate surface area is 132 Å². The zero-order valence-corrected chi connectivity index (χ0v) is 13.3. The number of rotatable bonds is 5. The van der Waals surface area contributed by atoms with Gasteiger partial charge < -0.3 is 16.2 Å². The highest BCUT2D eigenvalue weighted by molar-refractivity contribution is 9.10. The summed E-state index contributed by atoms with van der Waals surface area (Å²) in [6, 6.07) is 10.1. The molecular formula is C16H17BrN2O2. The van der Waals surface area contributed by atoms with Gasteiger partial charge in [0.2, 0.25) is 0 Å². The van der Waals surface area contributed by atoms with Crippen molar-refractivity contribution >= 4 is 33.1 Å². The molecule has 5 heteroatoms. The summed E-state index contributed by atoms with van der Waals surface area (Å²) in [5.41, 5.74) is 13.4. The predicted molar refractivity (Wildman–Crippen MR) is 88.6 cm³/mol. The van der Waals surface area contributed by atoms with E-state index in [-0.39, 0.29) is 5.78 Å². The standard InChI is InChI=1S/C16H17BrN2O2/c1-2-7-21-15-6-3-10(8-13(15)17)16(20)12-5-4-11(18)9-14(12)19/h3-6,8-9H,2,7,18-19H2,1H3. The van der Waals surface area contributed by atoms with Crippen molar-refractivity contribution in [3.8, 4) is 5.75 Å². The molecule has 0 bridgehead atoms. The average molecular weight is 349 g/mol. The number of carbonyl (C=O) groups is 1. The van der Waals surface area contributed by atoms with Crippen molar-refractivity contribution in [2.75, 3.05) is 18.1 Å². The van der Waals surface area contributed by atoms with Gasteiger partial charge in [-0.3, -0.25) is 4.79 Å². The van der Waals surface area contributed by atoms with E-state index in [4.69, 9.17) is 16.2 Å². The van der Waals surface area contributed by atoms with E-state index < -0.39 is 0 Å². The lowest BCUT2D eigenvalue weighted by atomic mass is 10.0. The van der Waals surface area contributed by atoms with E-state index in [0.29, 0.717) is 29.1 Å². The van der Waals surface area contributed by atoms with Crippen molar-refractivity contribution < 1.29 is 9.53 Å². The highest BCUT2D eigenvalue weighted by atomic mass is 79.9. The Morgan fingerprint density at radius 2 is 1.95 bits per heavy atom. The van der Waals surface area contributed by atoms with Gasteiger partial charge in [-0.2, -0.15) is 0 Å². The molecule has 0 spiro atoms. The first-order valence-electron chi connectivity index (χ1n) is 6.65. The van der Waals surface area contributed by atoms with Crippen LogP contribution in [0.25, 0.3) is 0 Å². The van der Waals surface area contributed by atoms with E-state index in [9.17, 15) is 4.79 Å². The van der Waals surface area contributed by atoms with E-state index in [2.05, 4.69) is 15.9 Å². The molecule has 2 rings (SSSR count). The van der Waals surface area contributed by atoms with E-state index >= 15 is 0 Å². The fourth-order valence-electron chi connectivity index (χ4n) is 1.91. The van der Waals surface area contributed by atoms with Crippen molar-refractivity contribution in [2.45, 2.75) is 13.3 Å². The molecular weight excluding hydrogens is 332 g/mol. The molecule has 0 saturated heterocycles.